The van der Waals surface area contributed by atoms with Crippen molar-refractivity contribution in [1.82, 2.24) is 0 Å². The van der Waals surface area contributed by atoms with Crippen LogP contribution in [0.25, 0.3) is 0 Å². The van der Waals surface area contributed by atoms with Crippen molar-refractivity contribution in [3.05, 3.63) is 42.9 Å². The summed E-state index contributed by atoms with van der Waals surface area (Å²) < 4.78 is 5.59. The maximum Gasteiger partial charge on any atom is 0.0935 e. The quantitative estimate of drug-likeness (QED) is 0.696. The molecule has 1 saturated heterocycles. The molecule has 2 nitrogen and oxygen atoms in total. The van der Waals surface area contributed by atoms with Gasteiger partial charge in [-0.25, -0.2) is 0 Å². The molecule has 1 aliphatic rings. The number of rotatable bonds is 2. The molecule has 2 rings (SSSR count). The molecule has 0 aromatic heterocycles. The van der Waals surface area contributed by atoms with Gasteiger partial charge >= 0.3 is 0 Å². The molecule has 0 aliphatic carbocycles. The van der Waals surface area contributed by atoms with Gasteiger partial charge < -0.3 is 9.64 Å². The van der Waals surface area contributed by atoms with Crippen molar-refractivity contribution in [2.45, 2.75) is 6.42 Å². The van der Waals surface area contributed by atoms with Crippen LogP contribution in [0.2, 0.25) is 0 Å². The van der Waals surface area contributed by atoms with Gasteiger partial charge in [0.2, 0.25) is 0 Å². The number of hydrogen-bond acceptors (Lipinski definition) is 1. The van der Waals surface area contributed by atoms with E-state index in [0.717, 1.165) is 32.7 Å². The monoisotopic (exact) mass is 205 g/mol. The minimum Gasteiger partial charge on any atom is -0.466 e. The van der Waals surface area contributed by atoms with E-state index in [1.165, 1.54) is 10.5 Å². The molecule has 0 amide bonds. The first-order valence-corrected chi connectivity index (χ1v) is 5.63. The van der Waals surface area contributed by atoms with E-state index in [4.69, 9.17) is 4.74 Å². The molecule has 1 N–H and O–H groups in total. The van der Waals surface area contributed by atoms with Gasteiger partial charge in [0, 0.05) is 5.92 Å². The van der Waals surface area contributed by atoms with Gasteiger partial charge in [0.15, 0.2) is 0 Å². The highest BCUT2D eigenvalue weighted by atomic mass is 16.5. The van der Waals surface area contributed by atoms with Gasteiger partial charge in [0.1, 0.15) is 0 Å². The Bertz CT molecular complexity index is 286. The number of hydrogen-bond donors (Lipinski definition) is 1. The Labute approximate surface area is 91.9 Å². The standard InChI is InChI=1S/C13H19NO/c1-14-7-8-15-11-13(10-14)9-12-5-3-2-4-6-12/h2-6,13-14H,1,7-11H2. The number of nitrogens with one attached hydrogen (secondary N) is 1. The largest absolute Gasteiger partial charge is 0.466 e. The summed E-state index contributed by atoms with van der Waals surface area (Å²) in [5.41, 5.74) is 1.40. The Morgan fingerprint density at radius 2 is 2.13 bits per heavy atom. The first-order chi connectivity index (χ1) is 7.34. The van der Waals surface area contributed by atoms with Crippen LogP contribution in [0, 0.1) is 13.0 Å². The van der Waals surface area contributed by atoms with E-state index in [0.29, 0.717) is 5.92 Å². The third kappa shape index (κ3) is 3.33. The lowest BCUT2D eigenvalue weighted by atomic mass is 10.00. The van der Waals surface area contributed by atoms with Gasteiger partial charge in [0.05, 0.1) is 26.3 Å². The minimum atomic E-state index is 0.613. The fourth-order valence-corrected chi connectivity index (χ4v) is 2.11. The predicted molar refractivity (Wildman–Crippen MR) is 60.5 cm³/mol. The maximum absolute atomic E-state index is 5.59. The molecule has 0 bridgehead atoms. The summed E-state index contributed by atoms with van der Waals surface area (Å²) >= 11 is 0. The third-order valence-corrected chi connectivity index (χ3v) is 2.90. The van der Waals surface area contributed by atoms with Gasteiger partial charge in [0.25, 0.3) is 0 Å². The second-order valence-corrected chi connectivity index (χ2v) is 4.33. The van der Waals surface area contributed by atoms with Crippen molar-refractivity contribution in [2.75, 3.05) is 26.3 Å². The van der Waals surface area contributed by atoms with Crippen molar-refractivity contribution < 1.29 is 9.64 Å². The van der Waals surface area contributed by atoms with Crippen molar-refractivity contribution in [3.8, 4) is 0 Å². The normalized spacial score (nSPS) is 27.3. The van der Waals surface area contributed by atoms with Crippen LogP contribution in [-0.2, 0) is 11.2 Å². The van der Waals surface area contributed by atoms with Crippen LogP contribution in [-0.4, -0.2) is 26.3 Å². The predicted octanol–water partition coefficient (Wildman–Crippen LogP) is 0.552. The Hall–Kier alpha value is -0.860. The average Bonchev–Trinajstić information content (AvgIpc) is 2.44. The molecule has 0 spiro atoms. The Morgan fingerprint density at radius 1 is 1.33 bits per heavy atom. The van der Waals surface area contributed by atoms with E-state index in [1.807, 2.05) is 0 Å². The average molecular weight is 205 g/mol. The van der Waals surface area contributed by atoms with E-state index < -0.39 is 0 Å². The first-order valence-electron chi connectivity index (χ1n) is 5.63. The molecular formula is C13H19NO. The van der Waals surface area contributed by atoms with E-state index in [1.54, 1.807) is 0 Å². The highest BCUT2D eigenvalue weighted by molar-refractivity contribution is 5.15. The molecule has 1 heterocycles. The Morgan fingerprint density at radius 3 is 2.93 bits per heavy atom. The summed E-state index contributed by atoms with van der Waals surface area (Å²) in [5.74, 6) is 0.613. The zero-order valence-electron chi connectivity index (χ0n) is 9.11. The molecule has 1 fully saturated rings. The van der Waals surface area contributed by atoms with E-state index in [9.17, 15) is 0 Å². The Balaban J connectivity index is 1.93. The summed E-state index contributed by atoms with van der Waals surface area (Å²) in [6.07, 6.45) is 1.11. The van der Waals surface area contributed by atoms with Crippen LogP contribution in [0.1, 0.15) is 5.56 Å². The first kappa shape index (κ1) is 10.7. The summed E-state index contributed by atoms with van der Waals surface area (Å²) in [6.45, 7) is 3.89. The van der Waals surface area contributed by atoms with Crippen LogP contribution in [0.15, 0.2) is 30.3 Å². The second-order valence-electron chi connectivity index (χ2n) is 4.33. The van der Waals surface area contributed by atoms with Crippen molar-refractivity contribution >= 4 is 0 Å². The van der Waals surface area contributed by atoms with E-state index in [2.05, 4.69) is 37.4 Å². The summed E-state index contributed by atoms with van der Waals surface area (Å²) in [7, 11) is 4.09. The molecular weight excluding hydrogens is 186 g/mol. The lowest BCUT2D eigenvalue weighted by Gasteiger charge is -2.21. The van der Waals surface area contributed by atoms with Gasteiger partial charge in [-0.3, -0.25) is 0 Å². The molecule has 82 valence electrons. The number of benzene rings is 1. The topological polar surface area (TPSA) is 13.7 Å². The second kappa shape index (κ2) is 5.29. The lowest BCUT2D eigenvalue weighted by molar-refractivity contribution is -0.855. The van der Waals surface area contributed by atoms with Gasteiger partial charge in [-0.15, -0.1) is 0 Å². The molecule has 0 saturated carbocycles. The van der Waals surface area contributed by atoms with Gasteiger partial charge in [-0.1, -0.05) is 30.3 Å². The molecule has 1 aromatic rings. The molecule has 1 aliphatic heterocycles. The maximum atomic E-state index is 5.59. The number of quaternary nitrogens is 1. The summed E-state index contributed by atoms with van der Waals surface area (Å²) in [6, 6.07) is 10.6. The van der Waals surface area contributed by atoms with Gasteiger partial charge in [-0.05, 0) is 12.0 Å². The molecule has 1 aromatic carbocycles. The zero-order chi connectivity index (χ0) is 10.5. The smallest absolute Gasteiger partial charge is 0.0935 e. The molecule has 0 radical (unpaired) electrons. The SMILES string of the molecule is [CH2-][NH+]1CCOCC(Cc2ccccc2)C1. The van der Waals surface area contributed by atoms with E-state index >= 15 is 0 Å². The summed E-state index contributed by atoms with van der Waals surface area (Å²) in [5, 5.41) is 0. The van der Waals surface area contributed by atoms with Crippen molar-refractivity contribution in [3.63, 3.8) is 0 Å². The third-order valence-electron chi connectivity index (χ3n) is 2.90. The minimum absolute atomic E-state index is 0.613. The van der Waals surface area contributed by atoms with Crippen LogP contribution in [0.3, 0.4) is 0 Å². The molecule has 2 atom stereocenters. The Kier molecular flexibility index (Phi) is 3.75. The fraction of sp³-hybridized carbons (Fsp3) is 0.462. The fourth-order valence-electron chi connectivity index (χ4n) is 2.11. The van der Waals surface area contributed by atoms with Crippen LogP contribution < -0.4 is 4.90 Å². The van der Waals surface area contributed by atoms with Crippen molar-refractivity contribution in [1.29, 1.82) is 0 Å². The van der Waals surface area contributed by atoms with Crippen LogP contribution in [0.4, 0.5) is 0 Å². The zero-order valence-corrected chi connectivity index (χ0v) is 9.11. The molecule has 2 unspecified atom stereocenters. The lowest BCUT2D eigenvalue weighted by Crippen LogP contribution is -3.07. The number of ether oxygens (including phenoxy) is 1. The molecule has 15 heavy (non-hydrogen) atoms. The highest BCUT2D eigenvalue weighted by Gasteiger charge is 2.16. The molecule has 2 heteroatoms. The van der Waals surface area contributed by atoms with Crippen LogP contribution in [0.5, 0.6) is 0 Å². The van der Waals surface area contributed by atoms with Crippen LogP contribution >= 0.6 is 0 Å². The highest BCUT2D eigenvalue weighted by Crippen LogP contribution is 2.08. The van der Waals surface area contributed by atoms with Crippen molar-refractivity contribution in [2.24, 2.45) is 5.92 Å². The van der Waals surface area contributed by atoms with E-state index in [-0.39, 0.29) is 0 Å². The summed E-state index contributed by atoms with van der Waals surface area (Å²) in [4.78, 5) is 1.34. The van der Waals surface area contributed by atoms with Gasteiger partial charge in [-0.2, -0.15) is 7.05 Å².